The Morgan fingerprint density at radius 1 is 1.12 bits per heavy atom. The van der Waals surface area contributed by atoms with Crippen molar-refractivity contribution in [3.05, 3.63) is 47.0 Å². The number of hydrogen-bond acceptors (Lipinski definition) is 4. The first-order valence-electron chi connectivity index (χ1n) is 11.9. The number of halogens is 1. The van der Waals surface area contributed by atoms with E-state index in [9.17, 15) is 4.79 Å². The van der Waals surface area contributed by atoms with Gasteiger partial charge in [0.05, 0.1) is 22.0 Å². The summed E-state index contributed by atoms with van der Waals surface area (Å²) in [6.45, 7) is 5.49. The Hall–Kier alpha value is -2.57. The van der Waals surface area contributed by atoms with E-state index in [1.807, 2.05) is 12.1 Å². The molecule has 1 amide bonds. The number of imidazole rings is 1. The molecule has 2 aliphatic heterocycles. The zero-order valence-corrected chi connectivity index (χ0v) is 20.4. The fraction of sp³-hybridized carbons (Fsp3) is 0.462. The molecule has 3 heterocycles. The molecule has 0 aliphatic carbocycles. The number of carbonyl (C=O) groups excluding carboxylic acids is 1. The number of benzene rings is 2. The molecule has 2 aromatic carbocycles. The van der Waals surface area contributed by atoms with Gasteiger partial charge in [0.2, 0.25) is 5.91 Å². The highest BCUT2D eigenvalue weighted by molar-refractivity contribution is 6.33. The molecular formula is C26H32ClN5O. The van der Waals surface area contributed by atoms with Crippen LogP contribution in [-0.4, -0.2) is 72.0 Å². The zero-order valence-electron chi connectivity index (χ0n) is 19.6. The highest BCUT2D eigenvalue weighted by atomic mass is 35.5. The highest BCUT2D eigenvalue weighted by Crippen LogP contribution is 2.34. The lowest BCUT2D eigenvalue weighted by molar-refractivity contribution is -0.134. The molecule has 2 aliphatic rings. The second-order valence-corrected chi connectivity index (χ2v) is 10.2. The summed E-state index contributed by atoms with van der Waals surface area (Å²) in [5.74, 6) is 1.14. The van der Waals surface area contributed by atoms with Crippen molar-refractivity contribution in [1.82, 2.24) is 19.8 Å². The predicted molar refractivity (Wildman–Crippen MR) is 135 cm³/mol. The van der Waals surface area contributed by atoms with Gasteiger partial charge in [-0.3, -0.25) is 4.79 Å². The van der Waals surface area contributed by atoms with Gasteiger partial charge < -0.3 is 19.7 Å². The van der Waals surface area contributed by atoms with E-state index >= 15 is 0 Å². The SMILES string of the molecule is Cc1ccc2nc(-c3cc(N4CCC[C@H](C(=O)N5CCC(N(C)C)C5)C4)ccc3Cl)[nH]c2c1. The first-order chi connectivity index (χ1) is 15.9. The molecule has 1 aromatic heterocycles. The average molecular weight is 466 g/mol. The Morgan fingerprint density at radius 2 is 1.97 bits per heavy atom. The van der Waals surface area contributed by atoms with Gasteiger partial charge in [-0.1, -0.05) is 17.7 Å². The third-order valence-corrected chi connectivity index (χ3v) is 7.51. The van der Waals surface area contributed by atoms with E-state index in [2.05, 4.69) is 65.0 Å². The monoisotopic (exact) mass is 465 g/mol. The quantitative estimate of drug-likeness (QED) is 0.613. The molecule has 2 fully saturated rings. The van der Waals surface area contributed by atoms with Crippen LogP contribution in [0, 0.1) is 12.8 Å². The van der Waals surface area contributed by atoms with Crippen molar-refractivity contribution in [2.75, 3.05) is 45.2 Å². The van der Waals surface area contributed by atoms with Crippen molar-refractivity contribution < 1.29 is 4.79 Å². The Balaban J connectivity index is 1.35. The molecule has 3 aromatic rings. The summed E-state index contributed by atoms with van der Waals surface area (Å²) in [4.78, 5) is 28.1. The lowest BCUT2D eigenvalue weighted by atomic mass is 9.96. The number of aromatic amines is 1. The number of rotatable bonds is 4. The summed E-state index contributed by atoms with van der Waals surface area (Å²) < 4.78 is 0. The summed E-state index contributed by atoms with van der Waals surface area (Å²) in [6, 6.07) is 12.8. The van der Waals surface area contributed by atoms with E-state index in [1.54, 1.807) is 0 Å². The van der Waals surface area contributed by atoms with Gasteiger partial charge in [0.1, 0.15) is 5.82 Å². The van der Waals surface area contributed by atoms with Crippen LogP contribution in [0.5, 0.6) is 0 Å². The molecule has 1 unspecified atom stereocenters. The molecular weight excluding hydrogens is 434 g/mol. The molecule has 7 heteroatoms. The number of likely N-dealkylation sites (N-methyl/N-ethyl adjacent to an activating group) is 1. The van der Waals surface area contributed by atoms with Crippen molar-refractivity contribution in [3.8, 4) is 11.4 Å². The smallest absolute Gasteiger partial charge is 0.227 e. The maximum Gasteiger partial charge on any atom is 0.227 e. The van der Waals surface area contributed by atoms with Gasteiger partial charge >= 0.3 is 0 Å². The molecule has 33 heavy (non-hydrogen) atoms. The van der Waals surface area contributed by atoms with Gasteiger partial charge in [-0.15, -0.1) is 0 Å². The second kappa shape index (κ2) is 8.99. The predicted octanol–water partition coefficient (Wildman–Crippen LogP) is 4.57. The van der Waals surface area contributed by atoms with Crippen LogP contribution in [0.2, 0.25) is 5.02 Å². The molecule has 1 N–H and O–H groups in total. The number of hydrogen-bond donors (Lipinski definition) is 1. The number of carbonyl (C=O) groups is 1. The molecule has 2 atom stereocenters. The summed E-state index contributed by atoms with van der Waals surface area (Å²) in [5.41, 5.74) is 5.12. The van der Waals surface area contributed by atoms with Crippen LogP contribution in [0.15, 0.2) is 36.4 Å². The van der Waals surface area contributed by atoms with Crippen molar-refractivity contribution in [2.45, 2.75) is 32.2 Å². The number of anilines is 1. The lowest BCUT2D eigenvalue weighted by Gasteiger charge is -2.35. The third kappa shape index (κ3) is 4.46. The van der Waals surface area contributed by atoms with Crippen molar-refractivity contribution in [1.29, 1.82) is 0 Å². The number of likely N-dealkylation sites (tertiary alicyclic amines) is 1. The minimum absolute atomic E-state index is 0.0490. The van der Waals surface area contributed by atoms with Crippen LogP contribution in [0.4, 0.5) is 5.69 Å². The summed E-state index contributed by atoms with van der Waals surface area (Å²) >= 11 is 6.59. The van der Waals surface area contributed by atoms with Crippen LogP contribution in [0.1, 0.15) is 24.8 Å². The molecule has 0 saturated carbocycles. The van der Waals surface area contributed by atoms with Gasteiger partial charge in [-0.25, -0.2) is 4.98 Å². The average Bonchev–Trinajstić information content (AvgIpc) is 3.46. The Bertz CT molecular complexity index is 1170. The second-order valence-electron chi connectivity index (χ2n) is 9.75. The number of aromatic nitrogens is 2. The number of nitrogens with zero attached hydrogens (tertiary/aromatic N) is 4. The lowest BCUT2D eigenvalue weighted by Crippen LogP contribution is -2.45. The maximum atomic E-state index is 13.3. The number of aryl methyl sites for hydroxylation is 1. The molecule has 2 saturated heterocycles. The molecule has 5 rings (SSSR count). The highest BCUT2D eigenvalue weighted by Gasteiger charge is 2.34. The summed E-state index contributed by atoms with van der Waals surface area (Å²) in [7, 11) is 4.20. The van der Waals surface area contributed by atoms with Gasteiger partial charge in [0.25, 0.3) is 0 Å². The van der Waals surface area contributed by atoms with Crippen molar-refractivity contribution >= 4 is 34.2 Å². The molecule has 174 valence electrons. The molecule has 0 bridgehead atoms. The van der Waals surface area contributed by atoms with E-state index in [1.165, 1.54) is 5.56 Å². The van der Waals surface area contributed by atoms with Crippen LogP contribution < -0.4 is 4.90 Å². The summed E-state index contributed by atoms with van der Waals surface area (Å²) in [5, 5.41) is 0.672. The zero-order chi connectivity index (χ0) is 23.1. The van der Waals surface area contributed by atoms with Gasteiger partial charge in [-0.2, -0.15) is 0 Å². The van der Waals surface area contributed by atoms with Gasteiger partial charge in [-0.05, 0) is 76.2 Å². The number of amides is 1. The number of nitrogens with one attached hydrogen (secondary N) is 1. The van der Waals surface area contributed by atoms with E-state index in [0.717, 1.165) is 73.6 Å². The topological polar surface area (TPSA) is 55.5 Å². The van der Waals surface area contributed by atoms with Crippen LogP contribution >= 0.6 is 11.6 Å². The van der Waals surface area contributed by atoms with E-state index in [-0.39, 0.29) is 5.92 Å². The normalized spacial score (nSPS) is 21.4. The number of fused-ring (bicyclic) bond motifs is 1. The minimum atomic E-state index is 0.0490. The van der Waals surface area contributed by atoms with Gasteiger partial charge in [0, 0.05) is 43.5 Å². The molecule has 0 radical (unpaired) electrons. The summed E-state index contributed by atoms with van der Waals surface area (Å²) in [6.07, 6.45) is 3.04. The van der Waals surface area contributed by atoms with Crippen LogP contribution in [-0.2, 0) is 4.79 Å². The van der Waals surface area contributed by atoms with E-state index in [0.29, 0.717) is 17.0 Å². The molecule has 6 nitrogen and oxygen atoms in total. The van der Waals surface area contributed by atoms with Crippen molar-refractivity contribution in [2.24, 2.45) is 5.92 Å². The largest absolute Gasteiger partial charge is 0.371 e. The maximum absolute atomic E-state index is 13.3. The van der Waals surface area contributed by atoms with Gasteiger partial charge in [0.15, 0.2) is 0 Å². The van der Waals surface area contributed by atoms with E-state index in [4.69, 9.17) is 16.6 Å². The van der Waals surface area contributed by atoms with Crippen LogP contribution in [0.25, 0.3) is 22.4 Å². The third-order valence-electron chi connectivity index (χ3n) is 7.18. The number of piperidine rings is 1. The Labute approximate surface area is 200 Å². The fourth-order valence-electron chi connectivity index (χ4n) is 5.18. The standard InChI is InChI=1S/C26H32ClN5O/c1-17-6-9-23-24(13-17)29-25(28-23)21-14-19(7-8-22(21)27)31-11-4-5-18(15-31)26(33)32-12-10-20(16-32)30(2)3/h6-9,13-14,18,20H,4-5,10-12,15-16H2,1-3H3,(H,28,29)/t18-,20?/m0/s1. The Kier molecular flexibility index (Phi) is 6.06. The Morgan fingerprint density at radius 3 is 2.76 bits per heavy atom. The fourth-order valence-corrected chi connectivity index (χ4v) is 5.38. The molecule has 0 spiro atoms. The first kappa shape index (κ1) is 22.2. The van der Waals surface area contributed by atoms with Crippen molar-refractivity contribution in [3.63, 3.8) is 0 Å². The van der Waals surface area contributed by atoms with Crippen LogP contribution in [0.3, 0.4) is 0 Å². The number of H-pyrrole nitrogens is 1. The first-order valence-corrected chi connectivity index (χ1v) is 12.2. The minimum Gasteiger partial charge on any atom is -0.371 e. The van der Waals surface area contributed by atoms with E-state index < -0.39 is 0 Å².